The maximum Gasteiger partial charge on any atom is 0.259 e. The number of aromatic amines is 1. The highest BCUT2D eigenvalue weighted by atomic mass is 79.9. The number of hydrogen-bond acceptors (Lipinski definition) is 2. The van der Waals surface area contributed by atoms with Crippen molar-refractivity contribution in [2.24, 2.45) is 0 Å². The van der Waals surface area contributed by atoms with Gasteiger partial charge in [-0.15, -0.1) is 0 Å². The van der Waals surface area contributed by atoms with Gasteiger partial charge < -0.3 is 5.32 Å². The molecule has 2 rings (SSSR count). The van der Waals surface area contributed by atoms with Crippen LogP contribution in [0.4, 0.5) is 5.69 Å². The van der Waals surface area contributed by atoms with E-state index in [4.69, 9.17) is 0 Å². The van der Waals surface area contributed by atoms with Crippen LogP contribution in [-0.4, -0.2) is 16.1 Å². The summed E-state index contributed by atoms with van der Waals surface area (Å²) in [6.45, 7) is 3.76. The van der Waals surface area contributed by atoms with Crippen molar-refractivity contribution in [3.05, 3.63) is 45.7 Å². The minimum absolute atomic E-state index is 0.155. The number of nitrogens with zero attached hydrogens (tertiary/aromatic N) is 1. The molecule has 0 saturated heterocycles. The molecule has 0 bridgehead atoms. The van der Waals surface area contributed by atoms with E-state index in [1.54, 1.807) is 0 Å². The predicted octanol–water partition coefficient (Wildman–Crippen LogP) is 3.04. The van der Waals surface area contributed by atoms with Gasteiger partial charge in [0.05, 0.1) is 11.8 Å². The number of halogens is 1. The van der Waals surface area contributed by atoms with Gasteiger partial charge in [0.1, 0.15) is 0 Å². The highest BCUT2D eigenvalue weighted by Gasteiger charge is 2.11. The first-order valence-corrected chi connectivity index (χ1v) is 5.94. The van der Waals surface area contributed by atoms with Crippen molar-refractivity contribution < 1.29 is 4.79 Å². The van der Waals surface area contributed by atoms with Crippen molar-refractivity contribution in [3.63, 3.8) is 0 Å². The van der Waals surface area contributed by atoms with Crippen molar-refractivity contribution in [2.45, 2.75) is 13.8 Å². The number of rotatable bonds is 2. The molecule has 0 radical (unpaired) electrons. The van der Waals surface area contributed by atoms with Crippen LogP contribution in [0.1, 0.15) is 21.6 Å². The Morgan fingerprint density at radius 2 is 2.18 bits per heavy atom. The summed E-state index contributed by atoms with van der Waals surface area (Å²) < 4.78 is 0.933. The van der Waals surface area contributed by atoms with Gasteiger partial charge in [-0.25, -0.2) is 0 Å². The van der Waals surface area contributed by atoms with Gasteiger partial charge in [-0.05, 0) is 31.5 Å². The first kappa shape index (κ1) is 11.9. The Balaban J connectivity index is 2.24. The predicted molar refractivity (Wildman–Crippen MR) is 70.2 cm³/mol. The number of anilines is 1. The minimum atomic E-state index is -0.155. The molecule has 1 aromatic heterocycles. The molecule has 0 saturated carbocycles. The zero-order valence-electron chi connectivity index (χ0n) is 9.54. The molecule has 0 fully saturated rings. The first-order valence-electron chi connectivity index (χ1n) is 5.15. The number of aryl methyl sites for hydroxylation is 2. The monoisotopic (exact) mass is 293 g/mol. The average Bonchev–Trinajstić information content (AvgIpc) is 2.70. The van der Waals surface area contributed by atoms with Crippen LogP contribution in [0.5, 0.6) is 0 Å². The molecule has 1 heterocycles. The van der Waals surface area contributed by atoms with Gasteiger partial charge in [0.15, 0.2) is 0 Å². The van der Waals surface area contributed by atoms with Crippen LogP contribution < -0.4 is 5.32 Å². The van der Waals surface area contributed by atoms with E-state index in [0.717, 1.165) is 21.4 Å². The number of aromatic nitrogens is 2. The lowest BCUT2D eigenvalue weighted by atomic mass is 10.2. The number of benzene rings is 1. The smallest absolute Gasteiger partial charge is 0.259 e. The largest absolute Gasteiger partial charge is 0.322 e. The maximum absolute atomic E-state index is 12.0. The van der Waals surface area contributed by atoms with Crippen molar-refractivity contribution in [1.82, 2.24) is 10.2 Å². The molecule has 0 aliphatic carbocycles. The molecule has 0 atom stereocenters. The van der Waals surface area contributed by atoms with Crippen LogP contribution in [-0.2, 0) is 0 Å². The van der Waals surface area contributed by atoms with Crippen LogP contribution in [0.3, 0.4) is 0 Å². The van der Waals surface area contributed by atoms with E-state index in [1.807, 2.05) is 32.0 Å². The van der Waals surface area contributed by atoms with Gasteiger partial charge in [-0.2, -0.15) is 5.10 Å². The number of hydrogen-bond donors (Lipinski definition) is 2. The van der Waals surface area contributed by atoms with E-state index < -0.39 is 0 Å². The molecule has 1 amide bonds. The molecule has 88 valence electrons. The molecule has 4 nitrogen and oxygen atoms in total. The van der Waals surface area contributed by atoms with E-state index in [1.165, 1.54) is 6.20 Å². The number of amides is 1. The lowest BCUT2D eigenvalue weighted by Gasteiger charge is -2.08. The Hall–Kier alpha value is -1.62. The fraction of sp³-hybridized carbons (Fsp3) is 0.167. The second-order valence-electron chi connectivity index (χ2n) is 3.82. The normalized spacial score (nSPS) is 10.3. The zero-order chi connectivity index (χ0) is 12.4. The summed E-state index contributed by atoms with van der Waals surface area (Å²) >= 11 is 3.38. The fourth-order valence-corrected chi connectivity index (χ4v) is 1.86. The first-order chi connectivity index (χ1) is 8.08. The highest BCUT2D eigenvalue weighted by Crippen LogP contribution is 2.21. The van der Waals surface area contributed by atoms with Crippen molar-refractivity contribution >= 4 is 27.5 Å². The summed E-state index contributed by atoms with van der Waals surface area (Å²) in [6.07, 6.45) is 1.53. The van der Waals surface area contributed by atoms with Crippen molar-refractivity contribution in [3.8, 4) is 0 Å². The third kappa shape index (κ3) is 2.55. The number of H-pyrrole nitrogens is 1. The zero-order valence-corrected chi connectivity index (χ0v) is 11.1. The van der Waals surface area contributed by atoms with Gasteiger partial charge in [0, 0.05) is 15.9 Å². The maximum atomic E-state index is 12.0. The van der Waals surface area contributed by atoms with E-state index in [2.05, 4.69) is 31.4 Å². The Kier molecular flexibility index (Phi) is 3.28. The Morgan fingerprint density at radius 1 is 1.41 bits per heavy atom. The molecular weight excluding hydrogens is 282 g/mol. The summed E-state index contributed by atoms with van der Waals surface area (Å²) in [4.78, 5) is 12.0. The second kappa shape index (κ2) is 4.71. The summed E-state index contributed by atoms with van der Waals surface area (Å²) in [5.41, 5.74) is 3.13. The molecule has 0 spiro atoms. The van der Waals surface area contributed by atoms with E-state index in [0.29, 0.717) is 5.56 Å². The summed E-state index contributed by atoms with van der Waals surface area (Å²) in [7, 11) is 0. The standard InChI is InChI=1S/C12H12BrN3O/c1-7-3-4-9(13)5-11(7)15-12(17)10-6-14-16-8(10)2/h3-6H,1-2H3,(H,14,16)(H,15,17). The van der Waals surface area contributed by atoms with Crippen LogP contribution in [0, 0.1) is 13.8 Å². The van der Waals surface area contributed by atoms with Crippen LogP contribution in [0.15, 0.2) is 28.9 Å². The third-order valence-electron chi connectivity index (χ3n) is 2.52. The number of carbonyl (C=O) groups is 1. The minimum Gasteiger partial charge on any atom is -0.322 e. The van der Waals surface area contributed by atoms with Crippen LogP contribution >= 0.6 is 15.9 Å². The quantitative estimate of drug-likeness (QED) is 0.894. The summed E-state index contributed by atoms with van der Waals surface area (Å²) in [6, 6.07) is 5.76. The van der Waals surface area contributed by atoms with Crippen LogP contribution in [0.25, 0.3) is 0 Å². The van der Waals surface area contributed by atoms with Gasteiger partial charge in [-0.3, -0.25) is 9.89 Å². The van der Waals surface area contributed by atoms with Crippen molar-refractivity contribution in [2.75, 3.05) is 5.32 Å². The van der Waals surface area contributed by atoms with Crippen molar-refractivity contribution in [1.29, 1.82) is 0 Å². The molecule has 0 unspecified atom stereocenters. The van der Waals surface area contributed by atoms with E-state index >= 15 is 0 Å². The molecular formula is C12H12BrN3O. The number of nitrogens with one attached hydrogen (secondary N) is 2. The molecule has 0 aliphatic heterocycles. The summed E-state index contributed by atoms with van der Waals surface area (Å²) in [5, 5.41) is 9.44. The molecule has 2 aromatic rings. The lowest BCUT2D eigenvalue weighted by molar-refractivity contribution is 0.102. The number of carbonyl (C=O) groups excluding carboxylic acids is 1. The Bertz CT molecular complexity index is 563. The molecule has 17 heavy (non-hydrogen) atoms. The lowest BCUT2D eigenvalue weighted by Crippen LogP contribution is -2.13. The highest BCUT2D eigenvalue weighted by molar-refractivity contribution is 9.10. The second-order valence-corrected chi connectivity index (χ2v) is 4.74. The molecule has 1 aromatic carbocycles. The average molecular weight is 294 g/mol. The van der Waals surface area contributed by atoms with E-state index in [9.17, 15) is 4.79 Å². The molecule has 5 heteroatoms. The van der Waals surface area contributed by atoms with Crippen LogP contribution in [0.2, 0.25) is 0 Å². The molecule has 0 aliphatic rings. The Morgan fingerprint density at radius 3 is 2.82 bits per heavy atom. The molecule has 2 N–H and O–H groups in total. The topological polar surface area (TPSA) is 57.8 Å². The third-order valence-corrected chi connectivity index (χ3v) is 3.02. The Labute approximate surface area is 108 Å². The summed E-state index contributed by atoms with van der Waals surface area (Å²) in [5.74, 6) is -0.155. The SMILES string of the molecule is Cc1ccc(Br)cc1NC(=O)c1cn[nH]c1C. The van der Waals surface area contributed by atoms with Gasteiger partial charge >= 0.3 is 0 Å². The van der Waals surface area contributed by atoms with E-state index in [-0.39, 0.29) is 5.91 Å². The van der Waals surface area contributed by atoms with Gasteiger partial charge in [0.2, 0.25) is 0 Å². The fourth-order valence-electron chi connectivity index (χ4n) is 1.50. The van der Waals surface area contributed by atoms with Gasteiger partial charge in [-0.1, -0.05) is 22.0 Å². The van der Waals surface area contributed by atoms with Gasteiger partial charge in [0.25, 0.3) is 5.91 Å².